The molecule has 1 aliphatic heterocycles. The van der Waals surface area contributed by atoms with Crippen LogP contribution in [0.15, 0.2) is 41.9 Å². The molecule has 0 radical (unpaired) electrons. The lowest BCUT2D eigenvalue weighted by molar-refractivity contribution is -0.133. The SMILES string of the molecule is CC(=O)NC(CC(=O)N(C)C1CCN(CCc2ccccn2)CC1)c1cccs1. The standard InChI is InChI=1S/C22H30N4O2S/c1-17(27)24-20(21-7-5-15-29-21)16-22(28)25(2)19-9-13-26(14-10-19)12-8-18-6-3-4-11-23-18/h3-7,11,15,19-20H,8-10,12-14,16H2,1-2H3,(H,24,27). The van der Waals surface area contributed by atoms with Crippen LogP contribution >= 0.6 is 11.3 Å². The van der Waals surface area contributed by atoms with E-state index in [1.807, 2.05) is 47.8 Å². The molecule has 0 saturated carbocycles. The second-order valence-electron chi connectivity index (χ2n) is 7.62. The molecule has 0 aliphatic carbocycles. The number of thiophene rings is 1. The average molecular weight is 415 g/mol. The molecule has 2 aromatic rings. The van der Waals surface area contributed by atoms with Crippen LogP contribution in [0.25, 0.3) is 0 Å². The first kappa shape index (κ1) is 21.5. The molecule has 1 saturated heterocycles. The molecule has 2 amide bonds. The molecule has 3 heterocycles. The molecule has 3 rings (SSSR count). The number of aromatic nitrogens is 1. The van der Waals surface area contributed by atoms with Crippen molar-refractivity contribution >= 4 is 23.2 Å². The van der Waals surface area contributed by atoms with Gasteiger partial charge in [0.1, 0.15) is 0 Å². The normalized spacial score (nSPS) is 16.3. The van der Waals surface area contributed by atoms with Gasteiger partial charge in [-0.1, -0.05) is 12.1 Å². The van der Waals surface area contributed by atoms with Crippen molar-refractivity contribution < 1.29 is 9.59 Å². The molecular formula is C22H30N4O2S. The first-order valence-corrected chi connectivity index (χ1v) is 11.1. The summed E-state index contributed by atoms with van der Waals surface area (Å²) >= 11 is 1.57. The molecule has 1 aliphatic rings. The maximum Gasteiger partial charge on any atom is 0.225 e. The second-order valence-corrected chi connectivity index (χ2v) is 8.60. The number of likely N-dealkylation sites (tertiary alicyclic amines) is 1. The van der Waals surface area contributed by atoms with Crippen molar-refractivity contribution in [1.82, 2.24) is 20.1 Å². The van der Waals surface area contributed by atoms with Crippen molar-refractivity contribution in [2.75, 3.05) is 26.7 Å². The Morgan fingerprint density at radius 2 is 2.07 bits per heavy atom. The van der Waals surface area contributed by atoms with Gasteiger partial charge < -0.3 is 15.1 Å². The quantitative estimate of drug-likeness (QED) is 0.721. The van der Waals surface area contributed by atoms with Gasteiger partial charge in [-0.25, -0.2) is 0 Å². The van der Waals surface area contributed by atoms with Crippen molar-refractivity contribution in [1.29, 1.82) is 0 Å². The molecule has 1 atom stereocenters. The van der Waals surface area contributed by atoms with Gasteiger partial charge >= 0.3 is 0 Å². The molecule has 1 N–H and O–H groups in total. The van der Waals surface area contributed by atoms with Gasteiger partial charge in [0, 0.05) is 62.8 Å². The van der Waals surface area contributed by atoms with E-state index in [2.05, 4.69) is 21.3 Å². The van der Waals surface area contributed by atoms with E-state index in [4.69, 9.17) is 0 Å². The smallest absolute Gasteiger partial charge is 0.225 e. The lowest BCUT2D eigenvalue weighted by Gasteiger charge is -2.37. The number of hydrogen-bond acceptors (Lipinski definition) is 5. The minimum atomic E-state index is -0.249. The van der Waals surface area contributed by atoms with Crippen molar-refractivity contribution in [2.45, 2.75) is 44.7 Å². The van der Waals surface area contributed by atoms with E-state index in [1.54, 1.807) is 11.3 Å². The number of rotatable bonds is 8. The van der Waals surface area contributed by atoms with E-state index >= 15 is 0 Å². The molecule has 156 valence electrons. The summed E-state index contributed by atoms with van der Waals surface area (Å²) in [5.74, 6) is -0.0239. The summed E-state index contributed by atoms with van der Waals surface area (Å²) in [4.78, 5) is 34.2. The van der Waals surface area contributed by atoms with E-state index in [9.17, 15) is 9.59 Å². The van der Waals surface area contributed by atoms with Gasteiger partial charge in [0.25, 0.3) is 0 Å². The van der Waals surface area contributed by atoms with Crippen molar-refractivity contribution in [2.24, 2.45) is 0 Å². The highest BCUT2D eigenvalue weighted by molar-refractivity contribution is 7.10. The monoisotopic (exact) mass is 414 g/mol. The summed E-state index contributed by atoms with van der Waals surface area (Å²) in [7, 11) is 1.90. The number of nitrogens with one attached hydrogen (secondary N) is 1. The first-order chi connectivity index (χ1) is 14.0. The van der Waals surface area contributed by atoms with Crippen LogP contribution in [0.3, 0.4) is 0 Å². The Morgan fingerprint density at radius 1 is 1.28 bits per heavy atom. The topological polar surface area (TPSA) is 65.5 Å². The van der Waals surface area contributed by atoms with Gasteiger partial charge in [0.15, 0.2) is 0 Å². The predicted molar refractivity (Wildman–Crippen MR) is 116 cm³/mol. The number of amides is 2. The number of carbonyl (C=O) groups is 2. The van der Waals surface area contributed by atoms with Gasteiger partial charge in [-0.05, 0) is 36.4 Å². The first-order valence-electron chi connectivity index (χ1n) is 10.2. The lowest BCUT2D eigenvalue weighted by Crippen LogP contribution is -2.46. The largest absolute Gasteiger partial charge is 0.348 e. The highest BCUT2D eigenvalue weighted by Gasteiger charge is 2.27. The van der Waals surface area contributed by atoms with E-state index in [-0.39, 0.29) is 23.9 Å². The van der Waals surface area contributed by atoms with Crippen LogP contribution in [0.5, 0.6) is 0 Å². The zero-order chi connectivity index (χ0) is 20.6. The number of nitrogens with zero attached hydrogens (tertiary/aromatic N) is 3. The highest BCUT2D eigenvalue weighted by Crippen LogP contribution is 2.24. The molecule has 6 nitrogen and oxygen atoms in total. The fourth-order valence-corrected chi connectivity index (χ4v) is 4.61. The third-order valence-electron chi connectivity index (χ3n) is 5.55. The molecule has 1 fully saturated rings. The summed E-state index contributed by atoms with van der Waals surface area (Å²) in [5, 5.41) is 4.89. The fraction of sp³-hybridized carbons (Fsp3) is 0.500. The predicted octanol–water partition coefficient (Wildman–Crippen LogP) is 2.88. The third-order valence-corrected chi connectivity index (χ3v) is 6.54. The number of pyridine rings is 1. The number of hydrogen-bond donors (Lipinski definition) is 1. The third kappa shape index (κ3) is 6.37. The van der Waals surface area contributed by atoms with E-state index in [0.717, 1.165) is 49.5 Å². The average Bonchev–Trinajstić information content (AvgIpc) is 3.27. The summed E-state index contributed by atoms with van der Waals surface area (Å²) < 4.78 is 0. The van der Waals surface area contributed by atoms with Crippen LogP contribution in [-0.4, -0.2) is 59.3 Å². The minimum absolute atomic E-state index is 0.0871. The summed E-state index contributed by atoms with van der Waals surface area (Å²) in [6.45, 7) is 4.49. The fourth-order valence-electron chi connectivity index (χ4n) is 3.83. The van der Waals surface area contributed by atoms with Gasteiger partial charge in [0.05, 0.1) is 12.5 Å². The number of piperidine rings is 1. The zero-order valence-corrected chi connectivity index (χ0v) is 18.0. The van der Waals surface area contributed by atoms with Gasteiger partial charge in [-0.3, -0.25) is 14.6 Å². The van der Waals surface area contributed by atoms with Gasteiger partial charge in [-0.2, -0.15) is 0 Å². The molecule has 1 unspecified atom stereocenters. The molecule has 29 heavy (non-hydrogen) atoms. The molecular weight excluding hydrogens is 384 g/mol. The number of carbonyl (C=O) groups excluding carboxylic acids is 2. The van der Waals surface area contributed by atoms with Crippen LogP contribution in [0.1, 0.15) is 42.8 Å². The summed E-state index contributed by atoms with van der Waals surface area (Å²) in [5.41, 5.74) is 1.12. The molecule has 0 spiro atoms. The van der Waals surface area contributed by atoms with Crippen LogP contribution in [0, 0.1) is 0 Å². The molecule has 0 aromatic carbocycles. The van der Waals surface area contributed by atoms with E-state index in [1.165, 1.54) is 6.92 Å². The lowest BCUT2D eigenvalue weighted by atomic mass is 10.0. The Bertz CT molecular complexity index is 773. The van der Waals surface area contributed by atoms with Crippen molar-refractivity contribution in [3.8, 4) is 0 Å². The van der Waals surface area contributed by atoms with E-state index in [0.29, 0.717) is 6.42 Å². The van der Waals surface area contributed by atoms with E-state index < -0.39 is 0 Å². The Labute approximate surface area is 176 Å². The van der Waals surface area contributed by atoms with Crippen LogP contribution in [0.2, 0.25) is 0 Å². The Morgan fingerprint density at radius 3 is 2.69 bits per heavy atom. The van der Waals surface area contributed by atoms with Gasteiger partial charge in [-0.15, -0.1) is 11.3 Å². The van der Waals surface area contributed by atoms with Gasteiger partial charge in [0.2, 0.25) is 11.8 Å². The summed E-state index contributed by atoms with van der Waals surface area (Å²) in [6.07, 6.45) is 5.06. The molecule has 7 heteroatoms. The summed E-state index contributed by atoms with van der Waals surface area (Å²) in [6, 6.07) is 9.97. The second kappa shape index (κ2) is 10.5. The van der Waals surface area contributed by atoms with Crippen LogP contribution < -0.4 is 5.32 Å². The minimum Gasteiger partial charge on any atom is -0.348 e. The van der Waals surface area contributed by atoms with Crippen molar-refractivity contribution in [3.63, 3.8) is 0 Å². The van der Waals surface area contributed by atoms with Crippen LogP contribution in [-0.2, 0) is 16.0 Å². The Kier molecular flexibility index (Phi) is 7.77. The molecule has 0 bridgehead atoms. The maximum absolute atomic E-state index is 12.9. The maximum atomic E-state index is 12.9. The van der Waals surface area contributed by atoms with Crippen molar-refractivity contribution in [3.05, 3.63) is 52.5 Å². The van der Waals surface area contributed by atoms with Crippen LogP contribution in [0.4, 0.5) is 0 Å². The molecule has 2 aromatic heterocycles. The highest BCUT2D eigenvalue weighted by atomic mass is 32.1. The Balaban J connectivity index is 1.47. The zero-order valence-electron chi connectivity index (χ0n) is 17.2. The Hall–Kier alpha value is -2.25.